The van der Waals surface area contributed by atoms with Crippen LogP contribution in [0, 0.1) is 5.92 Å². The molecule has 3 amide bonds. The van der Waals surface area contributed by atoms with Crippen molar-refractivity contribution >= 4 is 17.9 Å². The van der Waals surface area contributed by atoms with Gasteiger partial charge in [-0.15, -0.1) is 0 Å². The Kier molecular flexibility index (Phi) is 10.0. The SMILES string of the molecule is CCC(CCNC(=O)NCCC(=O)N(C)C)CCC(=O)O. The van der Waals surface area contributed by atoms with E-state index in [1.165, 1.54) is 4.90 Å². The van der Waals surface area contributed by atoms with Gasteiger partial charge in [-0.25, -0.2) is 4.79 Å². The Bertz CT molecular complexity index is 345. The maximum Gasteiger partial charge on any atom is 0.314 e. The summed E-state index contributed by atoms with van der Waals surface area (Å²) in [6.45, 7) is 2.82. The number of aliphatic carboxylic acids is 1. The molecule has 0 spiro atoms. The van der Waals surface area contributed by atoms with Gasteiger partial charge in [-0.1, -0.05) is 13.3 Å². The molecule has 7 heteroatoms. The van der Waals surface area contributed by atoms with Crippen molar-refractivity contribution in [3.63, 3.8) is 0 Å². The number of carboxylic acids is 1. The molecule has 0 rings (SSSR count). The average Bonchev–Trinajstić information content (AvgIpc) is 2.41. The van der Waals surface area contributed by atoms with E-state index in [1.807, 2.05) is 6.92 Å². The van der Waals surface area contributed by atoms with Crippen LogP contribution in [0.3, 0.4) is 0 Å². The van der Waals surface area contributed by atoms with Crippen LogP contribution in [-0.2, 0) is 9.59 Å². The molecule has 0 aliphatic rings. The summed E-state index contributed by atoms with van der Waals surface area (Å²) in [5, 5.41) is 14.0. The molecule has 0 bridgehead atoms. The monoisotopic (exact) mass is 301 g/mol. The minimum absolute atomic E-state index is 0.0324. The molecular formula is C14H27N3O4. The van der Waals surface area contributed by atoms with Gasteiger partial charge < -0.3 is 20.6 Å². The molecule has 0 aliphatic carbocycles. The number of carbonyl (C=O) groups is 3. The molecule has 0 aromatic carbocycles. The molecule has 0 saturated carbocycles. The third kappa shape index (κ3) is 10.6. The van der Waals surface area contributed by atoms with Gasteiger partial charge >= 0.3 is 12.0 Å². The molecule has 7 nitrogen and oxygen atoms in total. The number of nitrogens with zero attached hydrogens (tertiary/aromatic N) is 1. The first-order valence-corrected chi connectivity index (χ1v) is 7.30. The zero-order valence-corrected chi connectivity index (χ0v) is 13.1. The minimum Gasteiger partial charge on any atom is -0.481 e. The van der Waals surface area contributed by atoms with Crippen molar-refractivity contribution in [3.05, 3.63) is 0 Å². The highest BCUT2D eigenvalue weighted by atomic mass is 16.4. The van der Waals surface area contributed by atoms with Crippen molar-refractivity contribution in [2.75, 3.05) is 27.2 Å². The van der Waals surface area contributed by atoms with Crippen molar-refractivity contribution in [3.8, 4) is 0 Å². The third-order valence-electron chi connectivity index (χ3n) is 3.31. The largest absolute Gasteiger partial charge is 0.481 e. The van der Waals surface area contributed by atoms with Crippen molar-refractivity contribution in [1.29, 1.82) is 0 Å². The molecule has 0 saturated heterocycles. The fourth-order valence-electron chi connectivity index (χ4n) is 1.84. The molecule has 0 fully saturated rings. The second kappa shape index (κ2) is 10.9. The molecule has 1 atom stereocenters. The van der Waals surface area contributed by atoms with Crippen molar-refractivity contribution in [2.45, 2.75) is 39.0 Å². The molecule has 0 heterocycles. The van der Waals surface area contributed by atoms with Crippen molar-refractivity contribution in [1.82, 2.24) is 15.5 Å². The first kappa shape index (κ1) is 19.2. The lowest BCUT2D eigenvalue weighted by atomic mass is 9.97. The summed E-state index contributed by atoms with van der Waals surface area (Å²) in [4.78, 5) is 34.8. The van der Waals surface area contributed by atoms with E-state index in [-0.39, 0.29) is 24.8 Å². The maximum absolute atomic E-state index is 11.5. The summed E-state index contributed by atoms with van der Waals surface area (Å²) < 4.78 is 0. The van der Waals surface area contributed by atoms with Gasteiger partial charge in [0.2, 0.25) is 5.91 Å². The Morgan fingerprint density at radius 2 is 1.67 bits per heavy atom. The normalized spacial score (nSPS) is 11.6. The second-order valence-electron chi connectivity index (χ2n) is 5.22. The fraction of sp³-hybridized carbons (Fsp3) is 0.786. The predicted octanol–water partition coefficient (Wildman–Crippen LogP) is 1.05. The van der Waals surface area contributed by atoms with Gasteiger partial charge in [0.1, 0.15) is 0 Å². The Labute approximate surface area is 126 Å². The first-order chi connectivity index (χ1) is 9.86. The van der Waals surface area contributed by atoms with E-state index >= 15 is 0 Å². The summed E-state index contributed by atoms with van der Waals surface area (Å²) >= 11 is 0. The van der Waals surface area contributed by atoms with Gasteiger partial charge in [-0.2, -0.15) is 0 Å². The van der Waals surface area contributed by atoms with Crippen LogP contribution >= 0.6 is 0 Å². The van der Waals surface area contributed by atoms with E-state index in [0.717, 1.165) is 12.8 Å². The highest BCUT2D eigenvalue weighted by Gasteiger charge is 2.10. The van der Waals surface area contributed by atoms with Gasteiger partial charge in [-0.05, 0) is 18.8 Å². The Balaban J connectivity index is 3.72. The zero-order valence-electron chi connectivity index (χ0n) is 13.1. The van der Waals surface area contributed by atoms with Crippen LogP contribution in [0.5, 0.6) is 0 Å². The summed E-state index contributed by atoms with van der Waals surface area (Å²) in [6, 6.07) is -0.297. The third-order valence-corrected chi connectivity index (χ3v) is 3.31. The summed E-state index contributed by atoms with van der Waals surface area (Å²) in [6.07, 6.45) is 2.72. The summed E-state index contributed by atoms with van der Waals surface area (Å²) in [7, 11) is 3.34. The van der Waals surface area contributed by atoms with Gasteiger partial charge in [0.15, 0.2) is 0 Å². The highest BCUT2D eigenvalue weighted by molar-refractivity contribution is 5.77. The number of nitrogens with one attached hydrogen (secondary N) is 2. The van der Waals surface area contributed by atoms with Gasteiger partial charge in [0.25, 0.3) is 0 Å². The van der Waals surface area contributed by atoms with E-state index in [1.54, 1.807) is 14.1 Å². The van der Waals surface area contributed by atoms with E-state index in [9.17, 15) is 14.4 Å². The zero-order chi connectivity index (χ0) is 16.3. The summed E-state index contributed by atoms with van der Waals surface area (Å²) in [5.74, 6) is -0.517. The first-order valence-electron chi connectivity index (χ1n) is 7.30. The minimum atomic E-state index is -0.787. The lowest BCUT2D eigenvalue weighted by Crippen LogP contribution is -2.38. The van der Waals surface area contributed by atoms with Crippen LogP contribution in [0.25, 0.3) is 0 Å². The number of hydrogen-bond donors (Lipinski definition) is 3. The number of carbonyl (C=O) groups excluding carboxylic acids is 2. The van der Waals surface area contributed by atoms with Crippen LogP contribution < -0.4 is 10.6 Å². The lowest BCUT2D eigenvalue weighted by molar-refractivity contribution is -0.137. The standard InChI is InChI=1S/C14H27N3O4/c1-4-11(5-6-13(19)20)7-9-15-14(21)16-10-8-12(18)17(2)3/h11H,4-10H2,1-3H3,(H,19,20)(H2,15,16,21). The number of hydrogen-bond acceptors (Lipinski definition) is 3. The van der Waals surface area contributed by atoms with E-state index in [2.05, 4.69) is 10.6 Å². The number of carboxylic acid groups (broad SMARTS) is 1. The van der Waals surface area contributed by atoms with Crippen molar-refractivity contribution in [2.24, 2.45) is 5.92 Å². The topological polar surface area (TPSA) is 98.7 Å². The van der Waals surface area contributed by atoms with Crippen LogP contribution in [0.2, 0.25) is 0 Å². The predicted molar refractivity (Wildman–Crippen MR) is 80.0 cm³/mol. The Hall–Kier alpha value is -1.79. The molecular weight excluding hydrogens is 274 g/mol. The average molecular weight is 301 g/mol. The number of rotatable bonds is 10. The molecule has 122 valence electrons. The molecule has 0 radical (unpaired) electrons. The van der Waals surface area contributed by atoms with Crippen LogP contribution in [-0.4, -0.2) is 55.1 Å². The fourth-order valence-corrected chi connectivity index (χ4v) is 1.84. The number of amides is 3. The van der Waals surface area contributed by atoms with Gasteiger partial charge in [0.05, 0.1) is 0 Å². The second-order valence-corrected chi connectivity index (χ2v) is 5.22. The van der Waals surface area contributed by atoms with Crippen LogP contribution in [0.4, 0.5) is 4.79 Å². The quantitative estimate of drug-likeness (QED) is 0.561. The highest BCUT2D eigenvalue weighted by Crippen LogP contribution is 2.14. The summed E-state index contributed by atoms with van der Waals surface area (Å²) in [5.41, 5.74) is 0. The molecule has 0 aromatic rings. The molecule has 3 N–H and O–H groups in total. The maximum atomic E-state index is 11.5. The van der Waals surface area contributed by atoms with Gasteiger partial charge in [-0.3, -0.25) is 9.59 Å². The molecule has 0 aromatic heterocycles. The Morgan fingerprint density at radius 3 is 2.19 bits per heavy atom. The molecule has 0 aliphatic heterocycles. The van der Waals surface area contributed by atoms with E-state index in [0.29, 0.717) is 25.4 Å². The molecule has 21 heavy (non-hydrogen) atoms. The van der Waals surface area contributed by atoms with Crippen molar-refractivity contribution < 1.29 is 19.5 Å². The smallest absolute Gasteiger partial charge is 0.314 e. The van der Waals surface area contributed by atoms with E-state index < -0.39 is 5.97 Å². The van der Waals surface area contributed by atoms with Crippen LogP contribution in [0.1, 0.15) is 39.0 Å². The van der Waals surface area contributed by atoms with Gasteiger partial charge in [0, 0.05) is 40.0 Å². The van der Waals surface area contributed by atoms with Crippen LogP contribution in [0.15, 0.2) is 0 Å². The van der Waals surface area contributed by atoms with E-state index in [4.69, 9.17) is 5.11 Å². The Morgan fingerprint density at radius 1 is 1.05 bits per heavy atom. The lowest BCUT2D eigenvalue weighted by Gasteiger charge is -2.14. The molecule has 1 unspecified atom stereocenters. The number of urea groups is 1.